The lowest BCUT2D eigenvalue weighted by molar-refractivity contribution is -0.128. The number of halogens is 1. The summed E-state index contributed by atoms with van der Waals surface area (Å²) in [5.74, 6) is 0.353. The zero-order valence-corrected chi connectivity index (χ0v) is 15.5. The van der Waals surface area contributed by atoms with Crippen molar-refractivity contribution in [2.45, 2.75) is 25.8 Å². The molecule has 126 valence electrons. The monoisotopic (exact) mass is 385 g/mol. The maximum absolute atomic E-state index is 12.7. The van der Waals surface area contributed by atoms with Crippen LogP contribution in [0.25, 0.3) is 0 Å². The molecule has 2 aromatic carbocycles. The Morgan fingerprint density at radius 3 is 2.00 bits per heavy atom. The van der Waals surface area contributed by atoms with Gasteiger partial charge in [0, 0.05) is 12.0 Å². The Morgan fingerprint density at radius 1 is 0.917 bits per heavy atom. The number of carbonyl (C=O) groups excluding carboxylic acids is 1. The van der Waals surface area contributed by atoms with Crippen LogP contribution in [0.4, 0.5) is 0 Å². The van der Waals surface area contributed by atoms with Gasteiger partial charge in [0.2, 0.25) is 0 Å². The topological polar surface area (TPSA) is 20.3 Å². The van der Waals surface area contributed by atoms with Crippen molar-refractivity contribution in [2.24, 2.45) is 5.41 Å². The first-order chi connectivity index (χ1) is 11.7. The van der Waals surface area contributed by atoms with Gasteiger partial charge in [-0.25, -0.2) is 0 Å². The number of Topliss-reactive ketones (excluding diaryl/α,β-unsaturated/α-hetero) is 1. The van der Waals surface area contributed by atoms with Gasteiger partial charge in [-0.05, 0) is 43.5 Å². The largest absolute Gasteiger partial charge is 0.299 e. The number of ketones is 1. The normalized spacial score (nSPS) is 17.5. The Labute approximate surface area is 153 Å². The van der Waals surface area contributed by atoms with Crippen LogP contribution in [0.15, 0.2) is 60.7 Å². The molecule has 2 nitrogen and oxygen atoms in total. The van der Waals surface area contributed by atoms with Crippen LogP contribution in [-0.2, 0) is 17.8 Å². The molecule has 3 heteroatoms. The van der Waals surface area contributed by atoms with Crippen LogP contribution in [0, 0.1) is 5.41 Å². The van der Waals surface area contributed by atoms with E-state index in [0.29, 0.717) is 11.1 Å². The quantitative estimate of drug-likeness (QED) is 0.683. The van der Waals surface area contributed by atoms with Crippen LogP contribution in [0.1, 0.15) is 24.0 Å². The lowest BCUT2D eigenvalue weighted by Crippen LogP contribution is -2.45. The number of rotatable bonds is 6. The van der Waals surface area contributed by atoms with Gasteiger partial charge in [0.15, 0.2) is 0 Å². The summed E-state index contributed by atoms with van der Waals surface area (Å²) in [4.78, 5) is 15.2. The van der Waals surface area contributed by atoms with Crippen molar-refractivity contribution in [3.8, 4) is 0 Å². The van der Waals surface area contributed by atoms with Crippen molar-refractivity contribution >= 4 is 21.7 Å². The van der Waals surface area contributed by atoms with Gasteiger partial charge in [-0.1, -0.05) is 76.6 Å². The first-order valence-electron chi connectivity index (χ1n) is 8.61. The highest BCUT2D eigenvalue weighted by Gasteiger charge is 2.40. The summed E-state index contributed by atoms with van der Waals surface area (Å²) in [7, 11) is 0. The van der Waals surface area contributed by atoms with Crippen LogP contribution in [0.5, 0.6) is 0 Å². The number of hydrogen-bond acceptors (Lipinski definition) is 2. The molecule has 1 heterocycles. The van der Waals surface area contributed by atoms with E-state index in [9.17, 15) is 4.79 Å². The summed E-state index contributed by atoms with van der Waals surface area (Å²) in [6, 6.07) is 21.0. The van der Waals surface area contributed by atoms with Crippen molar-refractivity contribution < 1.29 is 4.79 Å². The molecule has 0 amide bonds. The molecule has 0 spiro atoms. The fraction of sp³-hybridized carbons (Fsp3) is 0.381. The van der Waals surface area contributed by atoms with Gasteiger partial charge in [0.25, 0.3) is 0 Å². The third-order valence-corrected chi connectivity index (χ3v) is 5.67. The summed E-state index contributed by atoms with van der Waals surface area (Å²) in [5.41, 5.74) is 2.40. The Kier molecular flexibility index (Phi) is 5.85. The minimum atomic E-state index is -0.210. The van der Waals surface area contributed by atoms with Crippen molar-refractivity contribution in [3.05, 3.63) is 71.8 Å². The third-order valence-electron chi connectivity index (χ3n) is 5.16. The minimum Gasteiger partial charge on any atom is -0.299 e. The fourth-order valence-corrected chi connectivity index (χ4v) is 4.26. The predicted molar refractivity (Wildman–Crippen MR) is 102 cm³/mol. The zero-order chi connectivity index (χ0) is 16.8. The molecule has 0 saturated carbocycles. The average molecular weight is 386 g/mol. The van der Waals surface area contributed by atoms with Crippen molar-refractivity contribution in [1.29, 1.82) is 0 Å². The van der Waals surface area contributed by atoms with E-state index in [-0.39, 0.29) is 5.41 Å². The second-order valence-electron chi connectivity index (χ2n) is 6.76. The molecule has 24 heavy (non-hydrogen) atoms. The van der Waals surface area contributed by atoms with E-state index >= 15 is 0 Å². The molecule has 0 N–H and O–H groups in total. The van der Waals surface area contributed by atoms with Gasteiger partial charge in [0.05, 0.1) is 5.33 Å². The highest BCUT2D eigenvalue weighted by molar-refractivity contribution is 9.09. The maximum Gasteiger partial charge on any atom is 0.149 e. The number of benzene rings is 2. The van der Waals surface area contributed by atoms with E-state index in [2.05, 4.69) is 75.4 Å². The summed E-state index contributed by atoms with van der Waals surface area (Å²) in [5, 5.41) is 0.457. The van der Waals surface area contributed by atoms with E-state index in [4.69, 9.17) is 0 Å². The molecule has 0 atom stereocenters. The average Bonchev–Trinajstić information content (AvgIpc) is 2.64. The Hall–Kier alpha value is -1.45. The van der Waals surface area contributed by atoms with E-state index < -0.39 is 0 Å². The second-order valence-corrected chi connectivity index (χ2v) is 7.32. The van der Waals surface area contributed by atoms with Crippen LogP contribution >= 0.6 is 15.9 Å². The van der Waals surface area contributed by atoms with Gasteiger partial charge >= 0.3 is 0 Å². The van der Waals surface area contributed by atoms with Crippen molar-refractivity contribution in [3.63, 3.8) is 0 Å². The number of alkyl halides is 1. The van der Waals surface area contributed by atoms with E-state index in [1.807, 2.05) is 6.07 Å². The highest BCUT2D eigenvalue weighted by Crippen LogP contribution is 2.37. The van der Waals surface area contributed by atoms with Gasteiger partial charge in [-0.15, -0.1) is 0 Å². The van der Waals surface area contributed by atoms with Gasteiger partial charge in [-0.3, -0.25) is 9.69 Å². The summed E-state index contributed by atoms with van der Waals surface area (Å²) >= 11 is 3.40. The number of nitrogens with zero attached hydrogens (tertiary/aromatic N) is 1. The Morgan fingerprint density at radius 2 is 1.46 bits per heavy atom. The molecule has 3 rings (SSSR count). The second kappa shape index (κ2) is 8.09. The molecule has 0 aliphatic carbocycles. The highest BCUT2D eigenvalue weighted by atomic mass is 79.9. The Bertz CT molecular complexity index is 648. The standard InChI is InChI=1S/C21H24BrNO/c22-16-20(24)21(15-18-7-3-1-4-8-18)11-13-23(14-12-21)17-19-9-5-2-6-10-19/h1-10H,11-17H2. The van der Waals surface area contributed by atoms with Crippen molar-refractivity contribution in [1.82, 2.24) is 4.90 Å². The van der Waals surface area contributed by atoms with E-state index in [0.717, 1.165) is 38.9 Å². The molecular weight excluding hydrogens is 362 g/mol. The Balaban J connectivity index is 1.68. The first kappa shape index (κ1) is 17.4. The maximum atomic E-state index is 12.7. The SMILES string of the molecule is O=C(CBr)C1(Cc2ccccc2)CCN(Cc2ccccc2)CC1. The number of likely N-dealkylation sites (tertiary alicyclic amines) is 1. The molecule has 1 aliphatic heterocycles. The molecule has 0 bridgehead atoms. The van der Waals surface area contributed by atoms with Crippen LogP contribution < -0.4 is 0 Å². The fourth-order valence-electron chi connectivity index (χ4n) is 3.66. The molecule has 1 fully saturated rings. The van der Waals surface area contributed by atoms with Gasteiger partial charge < -0.3 is 0 Å². The van der Waals surface area contributed by atoms with Gasteiger partial charge in [-0.2, -0.15) is 0 Å². The first-order valence-corrected chi connectivity index (χ1v) is 9.73. The number of piperidine rings is 1. The summed E-state index contributed by atoms with van der Waals surface area (Å²) in [6.07, 6.45) is 2.75. The zero-order valence-electron chi connectivity index (χ0n) is 14.0. The summed E-state index contributed by atoms with van der Waals surface area (Å²) < 4.78 is 0. The molecule has 2 aromatic rings. The molecular formula is C21H24BrNO. The molecule has 1 aliphatic rings. The number of hydrogen-bond donors (Lipinski definition) is 0. The van der Waals surface area contributed by atoms with Gasteiger partial charge in [0.1, 0.15) is 5.78 Å². The lowest BCUT2D eigenvalue weighted by Gasteiger charge is -2.41. The minimum absolute atomic E-state index is 0.210. The van der Waals surface area contributed by atoms with Crippen LogP contribution in [0.3, 0.4) is 0 Å². The van der Waals surface area contributed by atoms with E-state index in [1.165, 1.54) is 11.1 Å². The van der Waals surface area contributed by atoms with Crippen molar-refractivity contribution in [2.75, 3.05) is 18.4 Å². The van der Waals surface area contributed by atoms with E-state index in [1.54, 1.807) is 0 Å². The number of carbonyl (C=O) groups is 1. The smallest absolute Gasteiger partial charge is 0.149 e. The molecule has 0 radical (unpaired) electrons. The summed E-state index contributed by atoms with van der Waals surface area (Å²) in [6.45, 7) is 2.95. The van der Waals surface area contributed by atoms with Crippen LogP contribution in [0.2, 0.25) is 0 Å². The molecule has 0 unspecified atom stereocenters. The van der Waals surface area contributed by atoms with Crippen LogP contribution in [-0.4, -0.2) is 29.1 Å². The predicted octanol–water partition coefficient (Wildman–Crippen LogP) is 4.48. The molecule has 0 aromatic heterocycles. The lowest BCUT2D eigenvalue weighted by atomic mass is 9.71. The molecule has 1 saturated heterocycles. The third kappa shape index (κ3) is 4.14.